The van der Waals surface area contributed by atoms with Crippen LogP contribution < -0.4 is 0 Å². The van der Waals surface area contributed by atoms with Crippen molar-refractivity contribution in [2.45, 2.75) is 6.92 Å². The van der Waals surface area contributed by atoms with E-state index in [2.05, 4.69) is 43.3 Å². The second-order valence-electron chi connectivity index (χ2n) is 11.1. The van der Waals surface area contributed by atoms with Crippen LogP contribution in [0.3, 0.4) is 0 Å². The molecule has 0 amide bonds. The topological polar surface area (TPSA) is 71.8 Å². The Balaban J connectivity index is 0.000000150. The lowest BCUT2D eigenvalue weighted by molar-refractivity contribution is 0.475. The van der Waals surface area contributed by atoms with Crippen LogP contribution in [0.4, 0.5) is 0 Å². The van der Waals surface area contributed by atoms with Crippen molar-refractivity contribution in [3.8, 4) is 50.8 Å². The van der Waals surface area contributed by atoms with Crippen LogP contribution in [0, 0.1) is 6.92 Å². The number of rotatable bonds is 4. The molecule has 1 N–H and O–H groups in total. The number of fused-ring (bicyclic) bond motifs is 2. The van der Waals surface area contributed by atoms with E-state index in [1.165, 1.54) is 5.56 Å². The number of phenolic OH excluding ortho intramolecular Hbond substituents is 1. The molecule has 0 saturated heterocycles. The predicted molar refractivity (Wildman–Crippen MR) is 192 cm³/mol. The van der Waals surface area contributed by atoms with Gasteiger partial charge in [-0.2, -0.15) is 0 Å². The lowest BCUT2D eigenvalue weighted by Gasteiger charge is -2.11. The third-order valence-electron chi connectivity index (χ3n) is 7.75. The first-order chi connectivity index (χ1) is 23.0. The zero-order chi connectivity index (χ0) is 32.2. The number of aromatic hydroxyl groups is 1. The van der Waals surface area contributed by atoms with Gasteiger partial charge in [0.25, 0.3) is 0 Å². The summed E-state index contributed by atoms with van der Waals surface area (Å²) in [6.07, 6.45) is 0. The minimum Gasteiger partial charge on any atom is -0.508 e. The highest BCUT2D eigenvalue weighted by Crippen LogP contribution is 2.33. The van der Waals surface area contributed by atoms with Gasteiger partial charge in [0, 0.05) is 27.3 Å². The van der Waals surface area contributed by atoms with Crippen LogP contribution in [0.1, 0.15) is 5.56 Å². The van der Waals surface area contributed by atoms with Gasteiger partial charge in [-0.25, -0.2) is 19.9 Å². The first kappa shape index (κ1) is 29.8. The van der Waals surface area contributed by atoms with Gasteiger partial charge in [-0.1, -0.05) is 108 Å². The molecule has 2 aromatic heterocycles. The van der Waals surface area contributed by atoms with Crippen molar-refractivity contribution in [1.82, 2.24) is 19.9 Å². The summed E-state index contributed by atoms with van der Waals surface area (Å²) in [6.45, 7) is 2.09. The lowest BCUT2D eigenvalue weighted by Crippen LogP contribution is -1.95. The van der Waals surface area contributed by atoms with Gasteiger partial charge >= 0.3 is 0 Å². The summed E-state index contributed by atoms with van der Waals surface area (Å²) in [5.74, 6) is 0.219. The fourth-order valence-corrected chi connectivity index (χ4v) is 5.56. The smallest absolute Gasteiger partial charge is 0.115 e. The molecule has 0 aliphatic carbocycles. The van der Waals surface area contributed by atoms with Crippen molar-refractivity contribution in [2.75, 3.05) is 0 Å². The minimum atomic E-state index is 0.219. The van der Waals surface area contributed by atoms with Gasteiger partial charge in [0.1, 0.15) is 5.75 Å². The van der Waals surface area contributed by atoms with Crippen molar-refractivity contribution in [1.29, 1.82) is 0 Å². The molecule has 0 aliphatic heterocycles. The summed E-state index contributed by atoms with van der Waals surface area (Å²) in [6, 6.07) is 49.0. The summed E-state index contributed by atoms with van der Waals surface area (Å²) in [5, 5.41) is 10.2. The van der Waals surface area contributed by atoms with Crippen molar-refractivity contribution in [3.05, 3.63) is 162 Å². The standard InChI is InChI=1S/C21H16N2.C20H13ClN2O/c1-15-11-13-17(14-12-15)21-20(16-7-3-2-4-8-16)22-18-9-5-6-10-19(18)23-21;21-15-5-3-4-14(12-15)20-19(13-8-10-16(24)11-9-13)22-17-6-1-2-7-18(17)23-20/h2-14H,1H3;1-12,24H. The van der Waals surface area contributed by atoms with E-state index in [4.69, 9.17) is 31.5 Å². The molecular formula is C41H29ClN4O. The highest BCUT2D eigenvalue weighted by atomic mass is 35.5. The van der Waals surface area contributed by atoms with E-state index in [1.807, 2.05) is 103 Å². The molecule has 8 rings (SSSR count). The fraction of sp³-hybridized carbons (Fsp3) is 0.0244. The third-order valence-corrected chi connectivity index (χ3v) is 7.99. The maximum absolute atomic E-state index is 9.54. The van der Waals surface area contributed by atoms with Gasteiger partial charge in [0.2, 0.25) is 0 Å². The van der Waals surface area contributed by atoms with Crippen LogP contribution in [-0.2, 0) is 0 Å². The molecule has 6 aromatic carbocycles. The van der Waals surface area contributed by atoms with Gasteiger partial charge in [-0.15, -0.1) is 0 Å². The number of para-hydroxylation sites is 4. The number of hydrogen-bond acceptors (Lipinski definition) is 5. The number of halogens is 1. The molecule has 6 heteroatoms. The second-order valence-corrected chi connectivity index (χ2v) is 11.5. The number of hydrogen-bond donors (Lipinski definition) is 1. The highest BCUT2D eigenvalue weighted by Gasteiger charge is 2.14. The fourth-order valence-electron chi connectivity index (χ4n) is 5.37. The monoisotopic (exact) mass is 628 g/mol. The maximum Gasteiger partial charge on any atom is 0.115 e. The SMILES string of the molecule is Cc1ccc(-c2nc3ccccc3nc2-c2ccccc2)cc1.Oc1ccc(-c2nc3ccccc3nc2-c2cccc(Cl)c2)cc1. The van der Waals surface area contributed by atoms with Crippen molar-refractivity contribution < 1.29 is 5.11 Å². The normalized spacial score (nSPS) is 10.9. The number of aryl methyl sites for hydroxylation is 1. The number of nitrogens with zero attached hydrogens (tertiary/aromatic N) is 4. The number of phenols is 1. The van der Waals surface area contributed by atoms with E-state index in [0.29, 0.717) is 5.02 Å². The number of aromatic nitrogens is 4. The molecule has 5 nitrogen and oxygen atoms in total. The Morgan fingerprint density at radius 1 is 0.404 bits per heavy atom. The number of benzene rings is 6. The maximum atomic E-state index is 9.54. The van der Waals surface area contributed by atoms with E-state index in [9.17, 15) is 5.11 Å². The van der Waals surface area contributed by atoms with Crippen LogP contribution in [0.15, 0.2) is 152 Å². The van der Waals surface area contributed by atoms with Gasteiger partial charge in [-0.3, -0.25) is 0 Å². The molecule has 0 radical (unpaired) electrons. The summed E-state index contributed by atoms with van der Waals surface area (Å²) in [5.41, 5.74) is 12.1. The molecule has 8 aromatic rings. The van der Waals surface area contributed by atoms with Crippen molar-refractivity contribution in [3.63, 3.8) is 0 Å². The van der Waals surface area contributed by atoms with Crippen molar-refractivity contribution in [2.24, 2.45) is 0 Å². The van der Waals surface area contributed by atoms with Crippen LogP contribution >= 0.6 is 11.6 Å². The first-order valence-electron chi connectivity index (χ1n) is 15.2. The minimum absolute atomic E-state index is 0.219. The molecule has 2 heterocycles. The molecule has 0 fully saturated rings. The quantitative estimate of drug-likeness (QED) is 0.210. The van der Waals surface area contributed by atoms with Gasteiger partial charge < -0.3 is 5.11 Å². The average molecular weight is 629 g/mol. The molecule has 0 saturated carbocycles. The van der Waals surface area contributed by atoms with Crippen LogP contribution in [0.25, 0.3) is 67.1 Å². The van der Waals surface area contributed by atoms with Crippen molar-refractivity contribution >= 4 is 33.7 Å². The molecule has 0 atom stereocenters. The van der Waals surface area contributed by atoms with E-state index in [-0.39, 0.29) is 5.75 Å². The largest absolute Gasteiger partial charge is 0.508 e. The molecule has 226 valence electrons. The summed E-state index contributed by atoms with van der Waals surface area (Å²) >= 11 is 6.15. The summed E-state index contributed by atoms with van der Waals surface area (Å²) < 4.78 is 0. The Labute approximate surface area is 277 Å². The van der Waals surface area contributed by atoms with Crippen LogP contribution in [0.5, 0.6) is 5.75 Å². The Kier molecular flexibility index (Phi) is 8.37. The van der Waals surface area contributed by atoms with E-state index in [1.54, 1.807) is 12.1 Å². The van der Waals surface area contributed by atoms with Gasteiger partial charge in [0.15, 0.2) is 0 Å². The lowest BCUT2D eigenvalue weighted by atomic mass is 10.0. The summed E-state index contributed by atoms with van der Waals surface area (Å²) in [4.78, 5) is 19.4. The van der Waals surface area contributed by atoms with E-state index >= 15 is 0 Å². The Bertz CT molecular complexity index is 2320. The zero-order valence-corrected chi connectivity index (χ0v) is 26.3. The average Bonchev–Trinajstić information content (AvgIpc) is 3.12. The third kappa shape index (κ3) is 6.57. The summed E-state index contributed by atoms with van der Waals surface area (Å²) in [7, 11) is 0. The molecule has 47 heavy (non-hydrogen) atoms. The first-order valence-corrected chi connectivity index (χ1v) is 15.6. The Hall–Kier alpha value is -5.91. The molecule has 0 aliphatic rings. The van der Waals surface area contributed by atoms with E-state index < -0.39 is 0 Å². The van der Waals surface area contributed by atoms with Crippen LogP contribution in [0.2, 0.25) is 5.02 Å². The highest BCUT2D eigenvalue weighted by molar-refractivity contribution is 6.30. The van der Waals surface area contributed by atoms with Gasteiger partial charge in [-0.05, 0) is 67.6 Å². The molecule has 0 unspecified atom stereocenters. The van der Waals surface area contributed by atoms with E-state index in [0.717, 1.165) is 67.1 Å². The Morgan fingerprint density at radius 3 is 1.26 bits per heavy atom. The molecular weight excluding hydrogens is 600 g/mol. The van der Waals surface area contributed by atoms with Gasteiger partial charge in [0.05, 0.1) is 44.8 Å². The molecule has 0 bridgehead atoms. The predicted octanol–water partition coefficient (Wildman–Crippen LogP) is 10.6. The molecule has 0 spiro atoms. The zero-order valence-electron chi connectivity index (χ0n) is 25.5. The van der Waals surface area contributed by atoms with Crippen LogP contribution in [-0.4, -0.2) is 25.0 Å². The second kappa shape index (κ2) is 13.2. The Morgan fingerprint density at radius 2 is 0.787 bits per heavy atom.